The number of carbonyl (C=O) groups is 5. The van der Waals surface area contributed by atoms with E-state index in [1.165, 1.54) is 30.3 Å². The molecule has 1 atom stereocenters. The molecule has 0 aliphatic carbocycles. The number of nitrogens with one attached hydrogen (secondary N) is 3. The highest BCUT2D eigenvalue weighted by Gasteiger charge is 2.28. The highest BCUT2D eigenvalue weighted by molar-refractivity contribution is 6.34. The highest BCUT2D eigenvalue weighted by Crippen LogP contribution is 2.20. The summed E-state index contributed by atoms with van der Waals surface area (Å²) in [7, 11) is 0. The van der Waals surface area contributed by atoms with E-state index < -0.39 is 23.8 Å². The van der Waals surface area contributed by atoms with Gasteiger partial charge in [0.15, 0.2) is 0 Å². The third-order valence-electron chi connectivity index (χ3n) is 6.44. The van der Waals surface area contributed by atoms with E-state index in [2.05, 4.69) is 16.0 Å². The molecule has 3 rings (SSSR count). The molecule has 1 fully saturated rings. The van der Waals surface area contributed by atoms with Crippen LogP contribution in [0.25, 0.3) is 0 Å². The molecule has 39 heavy (non-hydrogen) atoms. The fourth-order valence-corrected chi connectivity index (χ4v) is 4.46. The smallest absolute Gasteiger partial charge is 0.328 e. The van der Waals surface area contributed by atoms with E-state index >= 15 is 0 Å². The van der Waals surface area contributed by atoms with E-state index in [-0.39, 0.29) is 52.7 Å². The second kappa shape index (κ2) is 13.6. The van der Waals surface area contributed by atoms with Crippen LogP contribution >= 0.6 is 11.6 Å². The van der Waals surface area contributed by atoms with Crippen LogP contribution in [0.15, 0.2) is 42.5 Å². The lowest BCUT2D eigenvalue weighted by molar-refractivity contribution is -0.139. The Bertz CT molecular complexity index is 1240. The highest BCUT2D eigenvalue weighted by atomic mass is 35.5. The zero-order valence-electron chi connectivity index (χ0n) is 21.4. The summed E-state index contributed by atoms with van der Waals surface area (Å²) < 4.78 is 0. The first kappa shape index (κ1) is 29.4. The fraction of sp³-hybridized carbons (Fsp3) is 0.370. The Morgan fingerprint density at radius 1 is 1.03 bits per heavy atom. The Morgan fingerprint density at radius 3 is 2.36 bits per heavy atom. The molecule has 208 valence electrons. The number of amides is 4. The van der Waals surface area contributed by atoms with Crippen molar-refractivity contribution in [3.8, 4) is 5.75 Å². The Hall–Kier alpha value is -4.12. The normalized spacial score (nSPS) is 14.3. The van der Waals surface area contributed by atoms with Crippen molar-refractivity contribution < 1.29 is 34.2 Å². The van der Waals surface area contributed by atoms with E-state index in [9.17, 15) is 34.2 Å². The van der Waals surface area contributed by atoms with Gasteiger partial charge in [0.25, 0.3) is 11.8 Å². The summed E-state index contributed by atoms with van der Waals surface area (Å²) in [6.45, 7) is 2.54. The predicted molar refractivity (Wildman–Crippen MR) is 142 cm³/mol. The SMILES string of the molecule is CCC(=O)N1CCC(C(=O)NC[C@H](NC(=O)c2ccc(C(=O)NCc3cccc(O)c3)cc2Cl)C(=O)O)CC1. The van der Waals surface area contributed by atoms with Crippen LogP contribution in [0.2, 0.25) is 5.02 Å². The summed E-state index contributed by atoms with van der Waals surface area (Å²) in [5.41, 5.74) is 0.839. The zero-order chi connectivity index (χ0) is 28.5. The Kier molecular flexibility index (Phi) is 10.3. The van der Waals surface area contributed by atoms with Crippen LogP contribution in [0.4, 0.5) is 0 Å². The lowest BCUT2D eigenvalue weighted by Gasteiger charge is -2.31. The number of aliphatic carboxylic acids is 1. The first-order valence-corrected chi connectivity index (χ1v) is 12.9. The van der Waals surface area contributed by atoms with Gasteiger partial charge in [-0.25, -0.2) is 4.79 Å². The summed E-state index contributed by atoms with van der Waals surface area (Å²) in [5, 5.41) is 26.6. The van der Waals surface area contributed by atoms with E-state index in [1.54, 1.807) is 24.0 Å². The zero-order valence-corrected chi connectivity index (χ0v) is 22.2. The standard InChI is InChI=1S/C27H31ClN4O7/c1-2-23(34)32-10-8-17(9-11-32)24(35)30-15-22(27(38)39)31-26(37)20-7-6-18(13-21(20)28)25(36)29-14-16-4-3-5-19(33)12-16/h3-7,12-13,17,22,33H,2,8-11,14-15H2,1H3,(H,29,36)(H,30,35)(H,31,37)(H,38,39)/t22-/m0/s1. The number of likely N-dealkylation sites (tertiary alicyclic amines) is 1. The number of carboxylic acids is 1. The second-order valence-corrected chi connectivity index (χ2v) is 9.57. The summed E-state index contributed by atoms with van der Waals surface area (Å²) >= 11 is 6.22. The molecule has 1 aliphatic heterocycles. The second-order valence-electron chi connectivity index (χ2n) is 9.17. The topological polar surface area (TPSA) is 165 Å². The number of benzene rings is 2. The molecule has 1 heterocycles. The maximum Gasteiger partial charge on any atom is 0.328 e. The van der Waals surface area contributed by atoms with Crippen LogP contribution in [0, 0.1) is 5.92 Å². The molecular weight excluding hydrogens is 528 g/mol. The van der Waals surface area contributed by atoms with E-state index in [4.69, 9.17) is 11.6 Å². The number of hydrogen-bond acceptors (Lipinski definition) is 6. The van der Waals surface area contributed by atoms with Crippen LogP contribution in [-0.4, -0.2) is 70.4 Å². The number of carboxylic acid groups (broad SMARTS) is 1. The van der Waals surface area contributed by atoms with Crippen molar-refractivity contribution >= 4 is 41.2 Å². The number of phenols is 1. The van der Waals surface area contributed by atoms with Gasteiger partial charge >= 0.3 is 5.97 Å². The molecule has 0 spiro atoms. The van der Waals surface area contributed by atoms with E-state index in [1.807, 2.05) is 0 Å². The molecule has 4 amide bonds. The first-order valence-electron chi connectivity index (χ1n) is 12.5. The van der Waals surface area contributed by atoms with Crippen molar-refractivity contribution in [3.63, 3.8) is 0 Å². The lowest BCUT2D eigenvalue weighted by Crippen LogP contribution is -2.50. The van der Waals surface area contributed by atoms with Crippen molar-refractivity contribution in [2.45, 2.75) is 38.8 Å². The maximum absolute atomic E-state index is 12.7. The van der Waals surface area contributed by atoms with Crippen LogP contribution in [0.3, 0.4) is 0 Å². The third kappa shape index (κ3) is 8.18. The van der Waals surface area contributed by atoms with Crippen molar-refractivity contribution in [2.75, 3.05) is 19.6 Å². The molecule has 1 saturated heterocycles. The number of aromatic hydroxyl groups is 1. The van der Waals surface area contributed by atoms with Gasteiger partial charge in [-0.15, -0.1) is 0 Å². The minimum Gasteiger partial charge on any atom is -0.508 e. The molecule has 2 aromatic carbocycles. The number of hydrogen-bond donors (Lipinski definition) is 5. The minimum absolute atomic E-state index is 0.0307. The molecular formula is C27H31ClN4O7. The Labute approximate surface area is 230 Å². The maximum atomic E-state index is 12.7. The van der Waals surface area contributed by atoms with Crippen LogP contribution < -0.4 is 16.0 Å². The van der Waals surface area contributed by atoms with Gasteiger partial charge in [0.1, 0.15) is 11.8 Å². The number of rotatable bonds is 10. The van der Waals surface area contributed by atoms with Crippen LogP contribution in [0.1, 0.15) is 52.5 Å². The first-order chi connectivity index (χ1) is 18.6. The van der Waals surface area contributed by atoms with E-state index in [0.29, 0.717) is 37.9 Å². The molecule has 0 radical (unpaired) electrons. The van der Waals surface area contributed by atoms with Gasteiger partial charge in [-0.3, -0.25) is 19.2 Å². The fourth-order valence-electron chi connectivity index (χ4n) is 4.19. The molecule has 0 bridgehead atoms. The largest absolute Gasteiger partial charge is 0.508 e. The molecule has 2 aromatic rings. The van der Waals surface area contributed by atoms with Gasteiger partial charge < -0.3 is 31.1 Å². The van der Waals surface area contributed by atoms with E-state index in [0.717, 1.165) is 0 Å². The summed E-state index contributed by atoms with van der Waals surface area (Å²) in [5.74, 6) is -3.16. The van der Waals surface area contributed by atoms with Gasteiger partial charge in [0, 0.05) is 44.1 Å². The monoisotopic (exact) mass is 558 g/mol. The van der Waals surface area contributed by atoms with Crippen LogP contribution in [-0.2, 0) is 20.9 Å². The average molecular weight is 559 g/mol. The van der Waals surface area contributed by atoms with Crippen LogP contribution in [0.5, 0.6) is 5.75 Å². The van der Waals surface area contributed by atoms with Crippen molar-refractivity contribution in [1.29, 1.82) is 0 Å². The molecule has 0 saturated carbocycles. The molecule has 0 aromatic heterocycles. The quantitative estimate of drug-likeness (QED) is 0.297. The molecule has 12 heteroatoms. The number of nitrogens with zero attached hydrogens (tertiary/aromatic N) is 1. The Morgan fingerprint density at radius 2 is 1.74 bits per heavy atom. The average Bonchev–Trinajstić information content (AvgIpc) is 2.93. The summed E-state index contributed by atoms with van der Waals surface area (Å²) in [6, 6.07) is 8.98. The molecule has 1 aliphatic rings. The number of carbonyl (C=O) groups excluding carboxylic acids is 4. The van der Waals surface area contributed by atoms with Gasteiger partial charge in [-0.1, -0.05) is 30.7 Å². The van der Waals surface area contributed by atoms with Gasteiger partial charge in [-0.2, -0.15) is 0 Å². The van der Waals surface area contributed by atoms with Gasteiger partial charge in [-0.05, 0) is 48.7 Å². The minimum atomic E-state index is -1.41. The van der Waals surface area contributed by atoms with Crippen molar-refractivity contribution in [3.05, 3.63) is 64.2 Å². The number of phenolic OH excluding ortho intramolecular Hbond substituents is 1. The van der Waals surface area contributed by atoms with Crippen molar-refractivity contribution in [1.82, 2.24) is 20.9 Å². The summed E-state index contributed by atoms with van der Waals surface area (Å²) in [4.78, 5) is 63.0. The number of halogens is 1. The molecule has 11 nitrogen and oxygen atoms in total. The molecule has 5 N–H and O–H groups in total. The lowest BCUT2D eigenvalue weighted by atomic mass is 9.95. The van der Waals surface area contributed by atoms with Gasteiger partial charge in [0.2, 0.25) is 11.8 Å². The van der Waals surface area contributed by atoms with Crippen molar-refractivity contribution in [2.24, 2.45) is 5.92 Å². The molecule has 0 unspecified atom stereocenters. The third-order valence-corrected chi connectivity index (χ3v) is 6.76. The number of piperidine rings is 1. The van der Waals surface area contributed by atoms with Gasteiger partial charge in [0.05, 0.1) is 10.6 Å². The Balaban J connectivity index is 1.53. The predicted octanol–water partition coefficient (Wildman–Crippen LogP) is 1.92. The summed E-state index contributed by atoms with van der Waals surface area (Å²) in [6.07, 6.45) is 1.35.